The normalized spacial score (nSPS) is 18.5. The van der Waals surface area contributed by atoms with Gasteiger partial charge in [0.15, 0.2) is 0 Å². The molecule has 0 spiro atoms. The van der Waals surface area contributed by atoms with Crippen molar-refractivity contribution in [3.8, 4) is 0 Å². The van der Waals surface area contributed by atoms with Crippen LogP contribution in [0.5, 0.6) is 0 Å². The molecule has 1 fully saturated rings. The number of piperazine rings is 1. The number of nitrogens with one attached hydrogen (secondary N) is 1. The van der Waals surface area contributed by atoms with Gasteiger partial charge in [-0.25, -0.2) is 4.39 Å². The summed E-state index contributed by atoms with van der Waals surface area (Å²) in [5.41, 5.74) is 0.831. The summed E-state index contributed by atoms with van der Waals surface area (Å²) < 4.78 is 15.1. The lowest BCUT2D eigenvalue weighted by Crippen LogP contribution is -2.45. The second kappa shape index (κ2) is 7.36. The highest BCUT2D eigenvalue weighted by molar-refractivity contribution is 9.10. The number of benzene rings is 1. The van der Waals surface area contributed by atoms with Crippen molar-refractivity contribution >= 4 is 15.9 Å². The molecule has 1 saturated heterocycles. The van der Waals surface area contributed by atoms with Crippen LogP contribution in [0, 0.1) is 5.82 Å². The number of hydrogen-bond donors (Lipinski definition) is 1. The fraction of sp³-hybridized carbons (Fsp3) is 0.600. The van der Waals surface area contributed by atoms with Gasteiger partial charge in [0.2, 0.25) is 0 Å². The first-order chi connectivity index (χ1) is 9.24. The topological polar surface area (TPSA) is 15.3 Å². The minimum atomic E-state index is -0.0889. The van der Waals surface area contributed by atoms with Crippen molar-refractivity contribution in [1.29, 1.82) is 0 Å². The van der Waals surface area contributed by atoms with Gasteiger partial charge < -0.3 is 5.32 Å². The average molecular weight is 329 g/mol. The fourth-order valence-corrected chi connectivity index (χ4v) is 3.34. The SMILES string of the molecule is CCCC[C@@H](c1c(F)cccc1Br)N1CCNCC1. The molecule has 0 bridgehead atoms. The molecular formula is C15H22BrFN2. The van der Waals surface area contributed by atoms with E-state index in [1.165, 1.54) is 0 Å². The molecule has 0 unspecified atom stereocenters. The summed E-state index contributed by atoms with van der Waals surface area (Å²) in [4.78, 5) is 2.41. The maximum Gasteiger partial charge on any atom is 0.129 e. The van der Waals surface area contributed by atoms with E-state index < -0.39 is 0 Å². The summed E-state index contributed by atoms with van der Waals surface area (Å²) in [7, 11) is 0. The van der Waals surface area contributed by atoms with E-state index in [1.54, 1.807) is 12.1 Å². The third-order valence-corrected chi connectivity index (χ3v) is 4.45. The molecule has 0 radical (unpaired) electrons. The third-order valence-electron chi connectivity index (χ3n) is 3.76. The highest BCUT2D eigenvalue weighted by Gasteiger charge is 2.25. The van der Waals surface area contributed by atoms with Crippen LogP contribution >= 0.6 is 15.9 Å². The van der Waals surface area contributed by atoms with Crippen LogP contribution in [-0.4, -0.2) is 31.1 Å². The number of unbranched alkanes of at least 4 members (excludes halogenated alkanes) is 1. The fourth-order valence-electron chi connectivity index (χ4n) is 2.73. The van der Waals surface area contributed by atoms with Crippen molar-refractivity contribution in [2.24, 2.45) is 0 Å². The van der Waals surface area contributed by atoms with E-state index in [2.05, 4.69) is 33.1 Å². The standard InChI is InChI=1S/C15H22BrFN2/c1-2-3-7-14(19-10-8-18-9-11-19)15-12(16)5-4-6-13(15)17/h4-6,14,18H,2-3,7-11H2,1H3/t14-/m0/s1. The molecule has 0 saturated carbocycles. The summed E-state index contributed by atoms with van der Waals surface area (Å²) >= 11 is 3.52. The van der Waals surface area contributed by atoms with Crippen LogP contribution in [0.4, 0.5) is 4.39 Å². The lowest BCUT2D eigenvalue weighted by molar-refractivity contribution is 0.159. The summed E-state index contributed by atoms with van der Waals surface area (Å²) in [6.45, 7) is 6.17. The summed E-state index contributed by atoms with van der Waals surface area (Å²) in [6, 6.07) is 5.47. The molecule has 106 valence electrons. The van der Waals surface area contributed by atoms with Gasteiger partial charge in [-0.2, -0.15) is 0 Å². The molecule has 1 atom stereocenters. The number of nitrogens with zero attached hydrogens (tertiary/aromatic N) is 1. The van der Waals surface area contributed by atoms with Crippen LogP contribution in [0.25, 0.3) is 0 Å². The van der Waals surface area contributed by atoms with Gasteiger partial charge in [0, 0.05) is 42.3 Å². The molecule has 1 aromatic rings. The molecule has 1 aliphatic rings. The molecule has 4 heteroatoms. The minimum Gasteiger partial charge on any atom is -0.314 e. The highest BCUT2D eigenvalue weighted by Crippen LogP contribution is 2.33. The Morgan fingerprint density at radius 2 is 2.11 bits per heavy atom. The van der Waals surface area contributed by atoms with Crippen molar-refractivity contribution in [3.05, 3.63) is 34.1 Å². The van der Waals surface area contributed by atoms with Crippen LogP contribution in [-0.2, 0) is 0 Å². The van der Waals surface area contributed by atoms with E-state index in [1.807, 2.05) is 6.07 Å². The van der Waals surface area contributed by atoms with Crippen LogP contribution in [0.15, 0.2) is 22.7 Å². The zero-order valence-corrected chi connectivity index (χ0v) is 13.0. The van der Waals surface area contributed by atoms with E-state index in [0.29, 0.717) is 0 Å². The van der Waals surface area contributed by atoms with E-state index in [4.69, 9.17) is 0 Å². The van der Waals surface area contributed by atoms with Gasteiger partial charge in [-0.3, -0.25) is 4.90 Å². The summed E-state index contributed by atoms with van der Waals surface area (Å²) in [6.07, 6.45) is 3.31. The Hall–Kier alpha value is -0.450. The van der Waals surface area contributed by atoms with Gasteiger partial charge >= 0.3 is 0 Å². The van der Waals surface area contributed by atoms with Crippen molar-refractivity contribution in [2.45, 2.75) is 32.2 Å². The Kier molecular flexibility index (Phi) is 5.79. The maximum atomic E-state index is 14.2. The van der Waals surface area contributed by atoms with Crippen molar-refractivity contribution in [1.82, 2.24) is 10.2 Å². The lowest BCUT2D eigenvalue weighted by atomic mass is 9.98. The largest absolute Gasteiger partial charge is 0.314 e. The second-order valence-electron chi connectivity index (χ2n) is 5.08. The smallest absolute Gasteiger partial charge is 0.129 e. The molecular weight excluding hydrogens is 307 g/mol. The predicted octanol–water partition coefficient (Wildman–Crippen LogP) is 3.72. The van der Waals surface area contributed by atoms with Crippen LogP contribution in [0.3, 0.4) is 0 Å². The van der Waals surface area contributed by atoms with E-state index in [0.717, 1.165) is 55.5 Å². The molecule has 0 aromatic heterocycles. The zero-order chi connectivity index (χ0) is 13.7. The molecule has 2 rings (SSSR count). The van der Waals surface area contributed by atoms with Gasteiger partial charge in [-0.1, -0.05) is 41.8 Å². The van der Waals surface area contributed by atoms with E-state index in [-0.39, 0.29) is 11.9 Å². The monoisotopic (exact) mass is 328 g/mol. The molecule has 0 amide bonds. The Bertz CT molecular complexity index is 385. The Labute approximate surface area is 123 Å². The van der Waals surface area contributed by atoms with Crippen molar-refractivity contribution in [3.63, 3.8) is 0 Å². The molecule has 19 heavy (non-hydrogen) atoms. The second-order valence-corrected chi connectivity index (χ2v) is 5.93. The van der Waals surface area contributed by atoms with E-state index >= 15 is 0 Å². The summed E-state index contributed by atoms with van der Waals surface area (Å²) in [5.74, 6) is -0.0889. The van der Waals surface area contributed by atoms with Gasteiger partial charge in [-0.15, -0.1) is 0 Å². The van der Waals surface area contributed by atoms with Gasteiger partial charge in [0.25, 0.3) is 0 Å². The molecule has 2 nitrogen and oxygen atoms in total. The minimum absolute atomic E-state index is 0.0889. The predicted molar refractivity (Wildman–Crippen MR) is 80.8 cm³/mol. The van der Waals surface area contributed by atoms with Crippen molar-refractivity contribution < 1.29 is 4.39 Å². The van der Waals surface area contributed by atoms with Crippen LogP contribution in [0.2, 0.25) is 0 Å². The van der Waals surface area contributed by atoms with Gasteiger partial charge in [0.1, 0.15) is 5.82 Å². The highest BCUT2D eigenvalue weighted by atomic mass is 79.9. The van der Waals surface area contributed by atoms with Crippen molar-refractivity contribution in [2.75, 3.05) is 26.2 Å². The van der Waals surface area contributed by atoms with Gasteiger partial charge in [0.05, 0.1) is 0 Å². The Morgan fingerprint density at radius 3 is 2.74 bits per heavy atom. The third kappa shape index (κ3) is 3.77. The van der Waals surface area contributed by atoms with Gasteiger partial charge in [-0.05, 0) is 18.6 Å². The number of rotatable bonds is 5. The maximum absolute atomic E-state index is 14.2. The Balaban J connectivity index is 2.25. The number of hydrogen-bond acceptors (Lipinski definition) is 2. The first kappa shape index (κ1) is 14.9. The zero-order valence-electron chi connectivity index (χ0n) is 11.5. The molecule has 1 N–H and O–H groups in total. The van der Waals surface area contributed by atoms with Crippen LogP contribution in [0.1, 0.15) is 37.8 Å². The molecule has 1 aromatic carbocycles. The first-order valence-electron chi connectivity index (χ1n) is 7.12. The first-order valence-corrected chi connectivity index (χ1v) is 7.92. The number of halogens is 2. The molecule has 1 heterocycles. The molecule has 0 aliphatic carbocycles. The molecule has 1 aliphatic heterocycles. The van der Waals surface area contributed by atoms with Crippen LogP contribution < -0.4 is 5.32 Å². The quantitative estimate of drug-likeness (QED) is 0.886. The lowest BCUT2D eigenvalue weighted by Gasteiger charge is -2.36. The van der Waals surface area contributed by atoms with E-state index in [9.17, 15) is 4.39 Å². The average Bonchev–Trinajstić information content (AvgIpc) is 2.43. The Morgan fingerprint density at radius 1 is 1.37 bits per heavy atom. The summed E-state index contributed by atoms with van der Waals surface area (Å²) in [5, 5.41) is 3.36.